The van der Waals surface area contributed by atoms with Crippen molar-refractivity contribution < 1.29 is 9.30 Å². The minimum atomic E-state index is -2.66. The van der Waals surface area contributed by atoms with E-state index in [1.807, 2.05) is 18.2 Å². The number of para-hydroxylation sites is 1. The van der Waals surface area contributed by atoms with Crippen LogP contribution in [-0.4, -0.2) is 54.8 Å². The van der Waals surface area contributed by atoms with Gasteiger partial charge >= 0.3 is 7.59 Å². The lowest BCUT2D eigenvalue weighted by Gasteiger charge is -2.40. The van der Waals surface area contributed by atoms with Gasteiger partial charge in [0.2, 0.25) is 0 Å². The van der Waals surface area contributed by atoms with Gasteiger partial charge in [0.1, 0.15) is 0 Å². The molecule has 5 nitrogen and oxygen atoms in total. The topological polar surface area (TPSA) is 36.0 Å². The molecule has 3 saturated heterocycles. The highest BCUT2D eigenvalue weighted by molar-refractivity contribution is 7.61. The van der Waals surface area contributed by atoms with Gasteiger partial charge in [-0.3, -0.25) is 9.24 Å². The fraction of sp³-hybridized carbons (Fsp3) is 0.600. The molecule has 1 aromatic rings. The normalized spacial score (nSPS) is 34.3. The molecule has 0 N–H and O–H groups in total. The van der Waals surface area contributed by atoms with Crippen molar-refractivity contribution in [1.82, 2.24) is 9.34 Å². The van der Waals surface area contributed by atoms with Crippen LogP contribution in [0.2, 0.25) is 0 Å². The van der Waals surface area contributed by atoms with E-state index in [-0.39, 0.29) is 0 Å². The average Bonchev–Trinajstić information content (AvgIpc) is 3.12. The van der Waals surface area contributed by atoms with Crippen LogP contribution in [0.3, 0.4) is 0 Å². The number of anilines is 1. The van der Waals surface area contributed by atoms with Gasteiger partial charge in [-0.2, -0.15) is 0 Å². The Morgan fingerprint density at radius 2 is 1.86 bits per heavy atom. The first-order valence-corrected chi connectivity index (χ1v) is 9.40. The number of fused-ring (bicyclic) bond motifs is 1. The lowest BCUT2D eigenvalue weighted by molar-refractivity contribution is 0.0693. The van der Waals surface area contributed by atoms with E-state index < -0.39 is 7.59 Å². The number of hydrogen-bond acceptors (Lipinski definition) is 2. The lowest BCUT2D eigenvalue weighted by atomic mass is 10.2. The fourth-order valence-corrected chi connectivity index (χ4v) is 7.22. The zero-order chi connectivity index (χ0) is 14.3. The highest BCUT2D eigenvalue weighted by Crippen LogP contribution is 2.64. The largest absolute Gasteiger partial charge is 0.379 e. The molecular weight excluding hydrogens is 285 g/mol. The maximum atomic E-state index is 14.0. The predicted octanol–water partition coefficient (Wildman–Crippen LogP) is 2.41. The molecule has 21 heavy (non-hydrogen) atoms. The Morgan fingerprint density at radius 1 is 1.10 bits per heavy atom. The van der Waals surface area contributed by atoms with Crippen molar-refractivity contribution in [2.45, 2.75) is 18.9 Å². The van der Waals surface area contributed by atoms with Crippen LogP contribution in [0, 0.1) is 0 Å². The fourth-order valence-electron chi connectivity index (χ4n) is 3.78. The number of benzene rings is 1. The second-order valence-corrected chi connectivity index (χ2v) is 8.54. The van der Waals surface area contributed by atoms with Crippen molar-refractivity contribution in [3.05, 3.63) is 30.3 Å². The molecule has 0 spiro atoms. The van der Waals surface area contributed by atoms with Crippen LogP contribution in [0.1, 0.15) is 12.8 Å². The van der Waals surface area contributed by atoms with Crippen molar-refractivity contribution in [3.63, 3.8) is 0 Å². The van der Waals surface area contributed by atoms with Gasteiger partial charge in [0, 0.05) is 37.9 Å². The summed E-state index contributed by atoms with van der Waals surface area (Å²) in [5.74, 6) is 0. The van der Waals surface area contributed by atoms with Crippen LogP contribution >= 0.6 is 7.59 Å². The molecule has 2 atom stereocenters. The van der Waals surface area contributed by atoms with Crippen molar-refractivity contribution in [1.29, 1.82) is 0 Å². The Balaban J connectivity index is 1.73. The molecule has 1 aromatic carbocycles. The Hall–Kier alpha value is -0.870. The Labute approximate surface area is 126 Å². The van der Waals surface area contributed by atoms with E-state index in [0.717, 1.165) is 38.3 Å². The van der Waals surface area contributed by atoms with Crippen LogP contribution in [0.4, 0.5) is 5.69 Å². The first kappa shape index (κ1) is 13.8. The van der Waals surface area contributed by atoms with E-state index in [9.17, 15) is 4.57 Å². The maximum Gasteiger partial charge on any atom is 0.311 e. The van der Waals surface area contributed by atoms with Gasteiger partial charge in [-0.15, -0.1) is 0 Å². The standard InChI is InChI=1S/C15H22N3O2P/c19-21(16-9-11-20-12-10-16)17-8-4-7-15(17)13-18(21)14-5-2-1-3-6-14/h1-3,5-6,15H,4,7-13H2/t15-,21-/m0/s1. The summed E-state index contributed by atoms with van der Waals surface area (Å²) in [4.78, 5) is 0. The molecule has 0 radical (unpaired) electrons. The number of ether oxygens (including phenoxy) is 1. The smallest absolute Gasteiger partial charge is 0.311 e. The lowest BCUT2D eigenvalue weighted by Crippen LogP contribution is -2.40. The summed E-state index contributed by atoms with van der Waals surface area (Å²) < 4.78 is 26.1. The first-order chi connectivity index (χ1) is 10.3. The molecule has 3 heterocycles. The van der Waals surface area contributed by atoms with Gasteiger partial charge in [-0.05, 0) is 25.0 Å². The van der Waals surface area contributed by atoms with Crippen molar-refractivity contribution in [2.24, 2.45) is 0 Å². The molecule has 0 unspecified atom stereocenters. The Bertz CT molecular complexity index is 547. The molecule has 4 rings (SSSR count). The predicted molar refractivity (Wildman–Crippen MR) is 83.5 cm³/mol. The quantitative estimate of drug-likeness (QED) is 0.784. The first-order valence-electron chi connectivity index (χ1n) is 7.83. The number of morpholine rings is 1. The number of nitrogens with zero attached hydrogens (tertiary/aromatic N) is 3. The second kappa shape index (κ2) is 5.40. The second-order valence-electron chi connectivity index (χ2n) is 5.96. The summed E-state index contributed by atoms with van der Waals surface area (Å²) in [6.45, 7) is 4.76. The molecule has 3 fully saturated rings. The molecule has 0 saturated carbocycles. The third-order valence-electron chi connectivity index (χ3n) is 4.79. The van der Waals surface area contributed by atoms with E-state index in [4.69, 9.17) is 4.74 Å². The van der Waals surface area contributed by atoms with Gasteiger partial charge in [-0.25, -0.2) is 9.34 Å². The van der Waals surface area contributed by atoms with Gasteiger partial charge in [-0.1, -0.05) is 18.2 Å². The zero-order valence-corrected chi connectivity index (χ0v) is 13.1. The van der Waals surface area contributed by atoms with Gasteiger partial charge < -0.3 is 4.74 Å². The molecule has 0 amide bonds. The highest BCUT2D eigenvalue weighted by atomic mass is 31.2. The SMILES string of the molecule is O=[P@]1(N2CCOCC2)N(c2ccccc2)C[C@@H]2CCCN21. The third-order valence-corrected chi connectivity index (χ3v) is 8.15. The highest BCUT2D eigenvalue weighted by Gasteiger charge is 2.54. The minimum absolute atomic E-state index is 0.443. The molecule has 3 aliphatic heterocycles. The molecule has 3 aliphatic rings. The van der Waals surface area contributed by atoms with E-state index >= 15 is 0 Å². The zero-order valence-electron chi connectivity index (χ0n) is 12.2. The number of hydrogen-bond donors (Lipinski definition) is 0. The average molecular weight is 307 g/mol. The number of rotatable bonds is 2. The van der Waals surface area contributed by atoms with Gasteiger partial charge in [0.05, 0.1) is 13.2 Å². The summed E-state index contributed by atoms with van der Waals surface area (Å²) in [7, 11) is -2.66. The van der Waals surface area contributed by atoms with Crippen LogP contribution in [0.15, 0.2) is 30.3 Å². The summed E-state index contributed by atoms with van der Waals surface area (Å²) in [5, 5.41) is 0. The van der Waals surface area contributed by atoms with Crippen LogP contribution < -0.4 is 4.67 Å². The summed E-state index contributed by atoms with van der Waals surface area (Å²) in [6, 6.07) is 10.7. The molecular formula is C15H22N3O2P. The van der Waals surface area contributed by atoms with E-state index in [1.165, 1.54) is 6.42 Å². The van der Waals surface area contributed by atoms with Gasteiger partial charge in [0.15, 0.2) is 0 Å². The molecule has 0 bridgehead atoms. The Kier molecular flexibility index (Phi) is 3.54. The van der Waals surface area contributed by atoms with E-state index in [2.05, 4.69) is 26.1 Å². The molecule has 114 valence electrons. The molecule has 0 aliphatic carbocycles. The van der Waals surface area contributed by atoms with Gasteiger partial charge in [0.25, 0.3) is 0 Å². The summed E-state index contributed by atoms with van der Waals surface area (Å²) in [6.07, 6.45) is 2.33. The molecule has 6 heteroatoms. The molecule has 0 aromatic heterocycles. The monoisotopic (exact) mass is 307 g/mol. The van der Waals surface area contributed by atoms with Crippen LogP contribution in [-0.2, 0) is 9.30 Å². The summed E-state index contributed by atoms with van der Waals surface area (Å²) >= 11 is 0. The minimum Gasteiger partial charge on any atom is -0.379 e. The maximum absolute atomic E-state index is 14.0. The summed E-state index contributed by atoms with van der Waals surface area (Å²) in [5.41, 5.74) is 1.08. The van der Waals surface area contributed by atoms with E-state index in [1.54, 1.807) is 0 Å². The Morgan fingerprint density at radius 3 is 2.62 bits per heavy atom. The van der Waals surface area contributed by atoms with Crippen molar-refractivity contribution >= 4 is 13.3 Å². The van der Waals surface area contributed by atoms with Crippen molar-refractivity contribution in [2.75, 3.05) is 44.1 Å². The van der Waals surface area contributed by atoms with Crippen LogP contribution in [0.25, 0.3) is 0 Å². The third kappa shape index (κ3) is 2.15. The van der Waals surface area contributed by atoms with Crippen molar-refractivity contribution in [3.8, 4) is 0 Å². The van der Waals surface area contributed by atoms with Crippen LogP contribution in [0.5, 0.6) is 0 Å². The van der Waals surface area contributed by atoms with E-state index in [0.29, 0.717) is 19.3 Å².